The van der Waals surface area contributed by atoms with Crippen molar-refractivity contribution in [2.45, 2.75) is 110 Å². The van der Waals surface area contributed by atoms with E-state index in [-0.39, 0.29) is 0 Å². The minimum Gasteiger partial charge on any atom is -0.0805 e. The molecule has 0 heteroatoms. The molecule has 2 saturated carbocycles. The van der Waals surface area contributed by atoms with E-state index < -0.39 is 0 Å². The van der Waals surface area contributed by atoms with Gasteiger partial charge in [0.25, 0.3) is 0 Å². The van der Waals surface area contributed by atoms with Crippen LogP contribution < -0.4 is 0 Å². The fraction of sp³-hybridized carbons (Fsp3) is 0.815. The molecule has 3 aliphatic carbocycles. The molecule has 152 valence electrons. The van der Waals surface area contributed by atoms with Gasteiger partial charge in [0.05, 0.1) is 0 Å². The first-order valence-corrected chi connectivity index (χ1v) is 12.4. The van der Waals surface area contributed by atoms with Gasteiger partial charge in [0.2, 0.25) is 0 Å². The van der Waals surface area contributed by atoms with Crippen LogP contribution in [0.5, 0.6) is 0 Å². The Morgan fingerprint density at radius 1 is 0.815 bits per heavy atom. The lowest BCUT2D eigenvalue weighted by Crippen LogP contribution is -2.40. The van der Waals surface area contributed by atoms with Crippen molar-refractivity contribution in [3.05, 3.63) is 30.7 Å². The Labute approximate surface area is 170 Å². The summed E-state index contributed by atoms with van der Waals surface area (Å²) in [6.07, 6.45) is 35.3. The molecular weight excluding hydrogens is 324 g/mol. The maximum Gasteiger partial charge on any atom is -0.00193 e. The largest absolute Gasteiger partial charge is 0.0805 e. The first kappa shape index (κ1) is 21.2. The quantitative estimate of drug-likeness (QED) is 0.303. The predicted octanol–water partition coefficient (Wildman–Crippen LogP) is 8.56. The van der Waals surface area contributed by atoms with Gasteiger partial charge in [0, 0.05) is 0 Å². The average molecular weight is 369 g/mol. The van der Waals surface area contributed by atoms with Crippen molar-refractivity contribution in [1.29, 1.82) is 0 Å². The maximum absolute atomic E-state index is 4.26. The van der Waals surface area contributed by atoms with Crippen LogP contribution in [-0.2, 0) is 0 Å². The van der Waals surface area contributed by atoms with Crippen LogP contribution >= 0.6 is 0 Å². The molecule has 0 nitrogen and oxygen atoms in total. The van der Waals surface area contributed by atoms with Crippen LogP contribution in [0.25, 0.3) is 0 Å². The second kappa shape index (κ2) is 10.9. The van der Waals surface area contributed by atoms with Crippen molar-refractivity contribution in [3.63, 3.8) is 0 Å². The molecule has 0 aromatic carbocycles. The van der Waals surface area contributed by atoms with Crippen LogP contribution in [0.15, 0.2) is 24.3 Å². The predicted molar refractivity (Wildman–Crippen MR) is 119 cm³/mol. The van der Waals surface area contributed by atoms with E-state index in [0.29, 0.717) is 11.3 Å². The van der Waals surface area contributed by atoms with Crippen LogP contribution in [0.2, 0.25) is 0 Å². The number of allylic oxidation sites excluding steroid dienone is 4. The fourth-order valence-corrected chi connectivity index (χ4v) is 6.51. The van der Waals surface area contributed by atoms with E-state index in [9.17, 15) is 0 Å². The lowest BCUT2D eigenvalue weighted by Gasteiger charge is -2.47. The Balaban J connectivity index is 1.65. The minimum atomic E-state index is 0.434. The van der Waals surface area contributed by atoms with Gasteiger partial charge < -0.3 is 0 Å². The fourth-order valence-electron chi connectivity index (χ4n) is 6.51. The first-order chi connectivity index (χ1) is 13.3. The van der Waals surface area contributed by atoms with Crippen LogP contribution in [0.3, 0.4) is 0 Å². The van der Waals surface area contributed by atoms with Crippen molar-refractivity contribution in [2.24, 2.45) is 29.1 Å². The zero-order valence-electron chi connectivity index (χ0n) is 18.2. The normalized spacial score (nSPS) is 34.6. The van der Waals surface area contributed by atoms with Gasteiger partial charge in [-0.2, -0.15) is 0 Å². The lowest BCUT2D eigenvalue weighted by molar-refractivity contribution is 0.0460. The third-order valence-corrected chi connectivity index (χ3v) is 7.89. The first-order valence-electron chi connectivity index (χ1n) is 12.4. The van der Waals surface area contributed by atoms with E-state index in [2.05, 4.69) is 44.6 Å². The summed E-state index contributed by atoms with van der Waals surface area (Å²) in [5.74, 6) is 3.16. The summed E-state index contributed by atoms with van der Waals surface area (Å²) in [6, 6.07) is 0. The van der Waals surface area contributed by atoms with Gasteiger partial charge >= 0.3 is 0 Å². The van der Waals surface area contributed by atoms with Gasteiger partial charge in [-0.15, -0.1) is 0 Å². The highest BCUT2D eigenvalue weighted by Gasteiger charge is 2.56. The number of fused-ring (bicyclic) bond motifs is 3. The van der Waals surface area contributed by atoms with Crippen LogP contribution in [0.1, 0.15) is 110 Å². The van der Waals surface area contributed by atoms with E-state index >= 15 is 0 Å². The van der Waals surface area contributed by atoms with Gasteiger partial charge in [-0.25, -0.2) is 0 Å². The Morgan fingerprint density at radius 3 is 2.30 bits per heavy atom. The lowest BCUT2D eigenvalue weighted by atomic mass is 9.57. The second-order valence-electron chi connectivity index (χ2n) is 9.66. The molecule has 3 aliphatic rings. The summed E-state index contributed by atoms with van der Waals surface area (Å²) >= 11 is 0. The summed E-state index contributed by atoms with van der Waals surface area (Å²) in [5.41, 5.74) is 0.434. The number of hydrogen-bond acceptors (Lipinski definition) is 0. The molecule has 0 aromatic rings. The third kappa shape index (κ3) is 5.10. The molecule has 0 saturated heterocycles. The summed E-state index contributed by atoms with van der Waals surface area (Å²) in [5, 5.41) is 0. The monoisotopic (exact) mass is 368 g/mol. The van der Waals surface area contributed by atoms with Crippen LogP contribution in [0.4, 0.5) is 0 Å². The Bertz CT molecular complexity index is 472. The standard InChI is InChI=1S/C27H44/c1-3-5-7-9-11-17-24-18-15-20-26-25-19-13-12-16-23(25)22-27(24,26)21-14-10-8-6-4-2/h12-13,16,19,23-26H,3-11,14-15,17-18,20-21H2,1-2H3. The van der Waals surface area contributed by atoms with Crippen molar-refractivity contribution >= 4 is 0 Å². The molecule has 0 aromatic heterocycles. The Kier molecular flexibility index (Phi) is 8.53. The molecule has 0 amide bonds. The molecule has 0 aliphatic heterocycles. The SMILES string of the molecule is CCCCCCCC1CCCC2C3C=CC=CC3[C]C12CCCCCCC. The van der Waals surface area contributed by atoms with Crippen molar-refractivity contribution < 1.29 is 0 Å². The smallest absolute Gasteiger partial charge is 0.00193 e. The maximum atomic E-state index is 4.26. The average Bonchev–Trinajstić information content (AvgIpc) is 3.03. The summed E-state index contributed by atoms with van der Waals surface area (Å²) in [7, 11) is 0. The molecule has 5 atom stereocenters. The zero-order valence-corrected chi connectivity index (χ0v) is 18.2. The van der Waals surface area contributed by atoms with Crippen molar-refractivity contribution in [1.82, 2.24) is 0 Å². The highest BCUT2D eigenvalue weighted by atomic mass is 14.6. The molecule has 27 heavy (non-hydrogen) atoms. The van der Waals surface area contributed by atoms with E-state index in [1.165, 1.54) is 96.3 Å². The zero-order chi connectivity index (χ0) is 19.0. The van der Waals surface area contributed by atoms with Crippen LogP contribution in [-0.4, -0.2) is 0 Å². The van der Waals surface area contributed by atoms with E-state index in [1.807, 2.05) is 0 Å². The van der Waals surface area contributed by atoms with E-state index in [0.717, 1.165) is 17.8 Å². The third-order valence-electron chi connectivity index (χ3n) is 7.89. The number of hydrogen-bond donors (Lipinski definition) is 0. The molecule has 3 rings (SSSR count). The molecule has 5 unspecified atom stereocenters. The van der Waals surface area contributed by atoms with Crippen molar-refractivity contribution in [2.75, 3.05) is 0 Å². The number of unbranched alkanes of at least 4 members (excludes halogenated alkanes) is 8. The molecule has 0 spiro atoms. The minimum absolute atomic E-state index is 0.434. The molecule has 0 heterocycles. The Morgan fingerprint density at radius 2 is 1.52 bits per heavy atom. The topological polar surface area (TPSA) is 0 Å². The summed E-state index contributed by atoms with van der Waals surface area (Å²) in [4.78, 5) is 0. The van der Waals surface area contributed by atoms with Gasteiger partial charge in [0.1, 0.15) is 0 Å². The number of rotatable bonds is 12. The van der Waals surface area contributed by atoms with E-state index in [1.54, 1.807) is 0 Å². The molecule has 2 radical (unpaired) electrons. The van der Waals surface area contributed by atoms with Gasteiger partial charge in [0.15, 0.2) is 0 Å². The molecule has 0 N–H and O–H groups in total. The van der Waals surface area contributed by atoms with Crippen molar-refractivity contribution in [3.8, 4) is 0 Å². The Hall–Kier alpha value is -0.520. The molecular formula is C27H44. The highest BCUT2D eigenvalue weighted by Crippen LogP contribution is 2.63. The van der Waals surface area contributed by atoms with E-state index in [4.69, 9.17) is 0 Å². The summed E-state index contributed by atoms with van der Waals surface area (Å²) in [6.45, 7) is 4.65. The van der Waals surface area contributed by atoms with Gasteiger partial charge in [-0.3, -0.25) is 0 Å². The van der Waals surface area contributed by atoms with Gasteiger partial charge in [-0.1, -0.05) is 109 Å². The highest BCUT2D eigenvalue weighted by molar-refractivity contribution is 5.27. The van der Waals surface area contributed by atoms with Gasteiger partial charge in [-0.05, 0) is 61.2 Å². The second-order valence-corrected chi connectivity index (χ2v) is 9.66. The molecule has 0 bridgehead atoms. The van der Waals surface area contributed by atoms with Crippen LogP contribution in [0, 0.1) is 35.5 Å². The molecule has 2 fully saturated rings. The summed E-state index contributed by atoms with van der Waals surface area (Å²) < 4.78 is 0.